The lowest BCUT2D eigenvalue weighted by Crippen LogP contribution is -2.44. The molecule has 14 heteroatoms. The van der Waals surface area contributed by atoms with Gasteiger partial charge in [0, 0.05) is 27.6 Å². The summed E-state index contributed by atoms with van der Waals surface area (Å²) in [6.07, 6.45) is -6.25. The number of unbranched alkanes of at least 4 members (excludes halogenated alkanes) is 1. The molecule has 0 radical (unpaired) electrons. The summed E-state index contributed by atoms with van der Waals surface area (Å²) in [5, 5.41) is 12.0. The molecule has 1 amide bonds. The highest BCUT2D eigenvalue weighted by Crippen LogP contribution is 2.40. The van der Waals surface area contributed by atoms with E-state index in [1.165, 1.54) is 11.3 Å². The number of thiophene rings is 1. The Morgan fingerprint density at radius 1 is 1.18 bits per heavy atom. The topological polar surface area (TPSA) is 124 Å². The van der Waals surface area contributed by atoms with E-state index < -0.39 is 30.2 Å². The molecule has 2 aromatic heterocycles. The van der Waals surface area contributed by atoms with Gasteiger partial charge in [-0.25, -0.2) is 4.79 Å². The lowest BCUT2D eigenvalue weighted by molar-refractivity contribution is -0.206. The lowest BCUT2D eigenvalue weighted by atomic mass is 9.99. The quantitative estimate of drug-likeness (QED) is 0.304. The Morgan fingerprint density at radius 3 is 2.51 bits per heavy atom. The molecule has 3 heterocycles. The molecule has 0 aliphatic carbocycles. The third-order valence-corrected chi connectivity index (χ3v) is 7.69. The van der Waals surface area contributed by atoms with Crippen LogP contribution in [0.25, 0.3) is 5.00 Å². The third-order valence-electron chi connectivity index (χ3n) is 6.25. The number of carbonyl (C=O) groups excluding carboxylic acids is 2. The van der Waals surface area contributed by atoms with Crippen LogP contribution in [-0.2, 0) is 14.3 Å². The Bertz CT molecular complexity index is 1420. The number of aryl methyl sites for hydroxylation is 2. The van der Waals surface area contributed by atoms with Crippen LogP contribution in [0.4, 0.5) is 13.2 Å². The van der Waals surface area contributed by atoms with Crippen molar-refractivity contribution < 1.29 is 27.5 Å². The monoisotopic (exact) mass is 582 g/mol. The largest absolute Gasteiger partial charge is 0.490 e. The minimum atomic E-state index is -5.33. The van der Waals surface area contributed by atoms with E-state index in [9.17, 15) is 22.8 Å². The highest BCUT2D eigenvalue weighted by atomic mass is 35.5. The van der Waals surface area contributed by atoms with Crippen LogP contribution in [0.3, 0.4) is 0 Å². The maximum Gasteiger partial charge on any atom is 0.490 e. The molecule has 1 aliphatic heterocycles. The Morgan fingerprint density at radius 2 is 1.87 bits per heavy atom. The fourth-order valence-electron chi connectivity index (χ4n) is 4.18. The van der Waals surface area contributed by atoms with Crippen LogP contribution in [0.1, 0.15) is 52.1 Å². The van der Waals surface area contributed by atoms with Gasteiger partial charge in [0.2, 0.25) is 6.10 Å². The molecule has 0 bridgehead atoms. The highest BCUT2D eigenvalue weighted by Gasteiger charge is 2.47. The molecule has 0 spiro atoms. The first-order valence-electron chi connectivity index (χ1n) is 12.1. The summed E-state index contributed by atoms with van der Waals surface area (Å²) in [7, 11) is 0. The fraction of sp³-hybridized carbons (Fsp3) is 0.400. The number of nitrogens with two attached hydrogens (primary N) is 1. The molecule has 2 atom stereocenters. The van der Waals surface area contributed by atoms with Crippen molar-refractivity contribution in [3.05, 3.63) is 62.5 Å². The van der Waals surface area contributed by atoms with Gasteiger partial charge < -0.3 is 15.8 Å². The molecule has 1 aliphatic rings. The average molecular weight is 583 g/mol. The molecule has 3 N–H and O–H groups in total. The number of nitrogens with zero attached hydrogens (tertiary/aromatic N) is 4. The second-order valence-electron chi connectivity index (χ2n) is 8.94. The van der Waals surface area contributed by atoms with Gasteiger partial charge in [-0.2, -0.15) is 13.2 Å². The number of carbonyl (C=O) groups is 2. The summed E-state index contributed by atoms with van der Waals surface area (Å²) in [5.41, 5.74) is 8.08. The minimum absolute atomic E-state index is 0.0658. The highest BCUT2D eigenvalue weighted by molar-refractivity contribution is 7.15. The van der Waals surface area contributed by atoms with Crippen LogP contribution >= 0.6 is 22.9 Å². The van der Waals surface area contributed by atoms with Crippen LogP contribution in [-0.4, -0.2) is 57.7 Å². The van der Waals surface area contributed by atoms with Gasteiger partial charge in [0.1, 0.15) is 10.8 Å². The van der Waals surface area contributed by atoms with E-state index in [0.29, 0.717) is 52.1 Å². The number of aromatic nitrogens is 3. The van der Waals surface area contributed by atoms with E-state index in [4.69, 9.17) is 27.1 Å². The predicted octanol–water partition coefficient (Wildman–Crippen LogP) is 4.13. The number of aliphatic imine (C=N–C) groups is 1. The van der Waals surface area contributed by atoms with Crippen molar-refractivity contribution >= 4 is 40.5 Å². The van der Waals surface area contributed by atoms with Gasteiger partial charge in [-0.1, -0.05) is 23.7 Å². The van der Waals surface area contributed by atoms with Gasteiger partial charge in [0.15, 0.2) is 11.9 Å². The van der Waals surface area contributed by atoms with Crippen molar-refractivity contribution in [2.24, 2.45) is 10.7 Å². The summed E-state index contributed by atoms with van der Waals surface area (Å²) in [6.45, 7) is 6.02. The summed E-state index contributed by atoms with van der Waals surface area (Å²) in [4.78, 5) is 31.1. The maximum atomic E-state index is 13.3. The first kappa shape index (κ1) is 28.7. The first-order valence-corrected chi connectivity index (χ1v) is 13.3. The second-order valence-corrected chi connectivity index (χ2v) is 10.6. The number of hydrogen-bond donors (Lipinski definition) is 2. The normalized spacial score (nSPS) is 15.6. The third kappa shape index (κ3) is 5.85. The van der Waals surface area contributed by atoms with Crippen molar-refractivity contribution in [1.29, 1.82) is 0 Å². The number of amides is 1. The van der Waals surface area contributed by atoms with Crippen LogP contribution in [0.2, 0.25) is 5.02 Å². The zero-order chi connectivity index (χ0) is 28.5. The Hall–Kier alpha value is -3.29. The van der Waals surface area contributed by atoms with Gasteiger partial charge >= 0.3 is 12.1 Å². The van der Waals surface area contributed by atoms with Gasteiger partial charge in [0.05, 0.1) is 5.71 Å². The van der Waals surface area contributed by atoms with E-state index in [1.807, 2.05) is 13.8 Å². The fourth-order valence-corrected chi connectivity index (χ4v) is 5.52. The average Bonchev–Trinajstić information content (AvgIpc) is 3.35. The molecule has 208 valence electrons. The molecule has 9 nitrogen and oxygen atoms in total. The molecule has 0 saturated heterocycles. The van der Waals surface area contributed by atoms with E-state index in [-0.39, 0.29) is 12.4 Å². The van der Waals surface area contributed by atoms with Crippen molar-refractivity contribution in [2.45, 2.75) is 51.9 Å². The molecule has 4 rings (SSSR count). The van der Waals surface area contributed by atoms with Gasteiger partial charge in [0.25, 0.3) is 5.91 Å². The van der Waals surface area contributed by atoms with Gasteiger partial charge in [-0.3, -0.25) is 14.4 Å². The summed E-state index contributed by atoms with van der Waals surface area (Å²) in [6, 6.07) is 5.31. The first-order chi connectivity index (χ1) is 18.4. The number of ether oxygens (including phenoxy) is 1. The zero-order valence-electron chi connectivity index (χ0n) is 21.3. The molecule has 1 aromatic carbocycles. The molecule has 1 unspecified atom stereocenters. The van der Waals surface area contributed by atoms with Crippen LogP contribution in [0, 0.1) is 20.8 Å². The number of nitrogens with one attached hydrogen (secondary N) is 1. The van der Waals surface area contributed by atoms with Gasteiger partial charge in [-0.05, 0) is 57.9 Å². The number of hydrogen-bond acceptors (Lipinski definition) is 8. The van der Waals surface area contributed by atoms with Crippen molar-refractivity contribution in [1.82, 2.24) is 20.1 Å². The number of halogens is 4. The second kappa shape index (κ2) is 11.4. The number of fused-ring (bicyclic) bond motifs is 3. The van der Waals surface area contributed by atoms with Crippen LogP contribution < -0.4 is 11.1 Å². The Kier molecular flexibility index (Phi) is 8.42. The molecule has 0 saturated carbocycles. The smallest absolute Gasteiger partial charge is 0.443 e. The molecule has 0 fully saturated rings. The summed E-state index contributed by atoms with van der Waals surface area (Å²) >= 11 is 7.53. The Labute approximate surface area is 231 Å². The SMILES string of the molecule is Cc1sc2c(c1C)C(c1ccc(Cl)cc1)=NC([C@H](OC(=O)C(F)(F)F)C(=O)NCCCCN)c1nnc(C)n1-2. The van der Waals surface area contributed by atoms with Crippen LogP contribution in [0.5, 0.6) is 0 Å². The number of benzene rings is 1. The van der Waals surface area contributed by atoms with E-state index >= 15 is 0 Å². The van der Waals surface area contributed by atoms with Crippen molar-refractivity contribution in [3.8, 4) is 5.00 Å². The predicted molar refractivity (Wildman–Crippen MR) is 141 cm³/mol. The summed E-state index contributed by atoms with van der Waals surface area (Å²) < 4.78 is 46.4. The standard InChI is InChI=1S/C25H26ClF3N6O3S/c1-12-13(2)39-23-17(12)18(15-6-8-16(26)9-7-15)32-19(21-34-33-14(3)35(21)23)20(38-24(37)25(27,28)29)22(36)31-11-5-4-10-30/h6-9,19-20H,4-5,10-11,30H2,1-3H3,(H,31,36)/t19?,20-/m0/s1. The van der Waals surface area contributed by atoms with Gasteiger partial charge in [-0.15, -0.1) is 21.5 Å². The van der Waals surface area contributed by atoms with Crippen molar-refractivity contribution in [3.63, 3.8) is 0 Å². The minimum Gasteiger partial charge on any atom is -0.443 e. The molecular weight excluding hydrogens is 557 g/mol. The number of rotatable bonds is 8. The Balaban J connectivity index is 1.92. The summed E-state index contributed by atoms with van der Waals surface area (Å²) in [5.74, 6) is -2.97. The van der Waals surface area contributed by atoms with E-state index in [0.717, 1.165) is 10.4 Å². The maximum absolute atomic E-state index is 13.3. The van der Waals surface area contributed by atoms with Crippen molar-refractivity contribution in [2.75, 3.05) is 13.1 Å². The molecule has 39 heavy (non-hydrogen) atoms. The number of alkyl halides is 3. The zero-order valence-corrected chi connectivity index (χ0v) is 22.9. The molecule has 3 aromatic rings. The number of esters is 1. The molecular formula is C25H26ClF3N6O3S. The van der Waals surface area contributed by atoms with Crippen LogP contribution in [0.15, 0.2) is 29.3 Å². The lowest BCUT2D eigenvalue weighted by Gasteiger charge is -2.23. The van der Waals surface area contributed by atoms with E-state index in [2.05, 4.69) is 15.5 Å². The van der Waals surface area contributed by atoms with E-state index in [1.54, 1.807) is 35.8 Å².